The molecule has 2 aromatic rings. The van der Waals surface area contributed by atoms with Crippen LogP contribution in [0.2, 0.25) is 0 Å². The third-order valence-corrected chi connectivity index (χ3v) is 8.06. The fourth-order valence-electron chi connectivity index (χ4n) is 6.72. The van der Waals surface area contributed by atoms with Gasteiger partial charge in [-0.05, 0) is 85.5 Å². The fraction of sp³-hybridized carbons (Fsp3) is 0.520. The minimum Gasteiger partial charge on any atom is -0.508 e. The minimum absolute atomic E-state index is 0.296. The average Bonchev–Trinajstić information content (AvgIpc) is 3.21. The summed E-state index contributed by atoms with van der Waals surface area (Å²) in [4.78, 5) is 2.76. The molecule has 4 nitrogen and oxygen atoms in total. The molecule has 152 valence electrons. The molecule has 29 heavy (non-hydrogen) atoms. The van der Waals surface area contributed by atoms with E-state index in [2.05, 4.69) is 29.2 Å². The van der Waals surface area contributed by atoms with Crippen molar-refractivity contribution in [1.82, 2.24) is 4.90 Å². The second-order valence-corrected chi connectivity index (χ2v) is 9.34. The molecule has 3 atom stereocenters. The van der Waals surface area contributed by atoms with Gasteiger partial charge < -0.3 is 14.6 Å². The van der Waals surface area contributed by atoms with Gasteiger partial charge in [-0.1, -0.05) is 25.0 Å². The number of aromatic hydroxyl groups is 1. The molecule has 2 fully saturated rings. The monoisotopic (exact) mass is 391 g/mol. The summed E-state index contributed by atoms with van der Waals surface area (Å²) in [7, 11) is 0. The Labute approximate surface area is 172 Å². The van der Waals surface area contributed by atoms with Gasteiger partial charge in [0.05, 0.1) is 0 Å². The molecule has 0 aromatic heterocycles. The van der Waals surface area contributed by atoms with Gasteiger partial charge in [-0.25, -0.2) is 0 Å². The molecule has 4 aliphatic rings. The van der Waals surface area contributed by atoms with Crippen LogP contribution in [0.3, 0.4) is 0 Å². The smallest absolute Gasteiger partial charge is 0.231 e. The molecule has 2 heterocycles. The number of phenols is 1. The Morgan fingerprint density at radius 2 is 1.97 bits per heavy atom. The van der Waals surface area contributed by atoms with Crippen molar-refractivity contribution >= 4 is 0 Å². The Kier molecular flexibility index (Phi) is 4.05. The third-order valence-electron chi connectivity index (χ3n) is 8.06. The summed E-state index contributed by atoms with van der Waals surface area (Å²) >= 11 is 0. The number of fused-ring (bicyclic) bond motifs is 2. The number of benzene rings is 2. The Hall–Kier alpha value is -2.20. The maximum absolute atomic E-state index is 10.2. The van der Waals surface area contributed by atoms with E-state index in [0.29, 0.717) is 24.0 Å². The van der Waals surface area contributed by atoms with Crippen molar-refractivity contribution in [3.05, 3.63) is 53.1 Å². The number of piperidine rings is 1. The zero-order valence-electron chi connectivity index (χ0n) is 16.9. The quantitative estimate of drug-likeness (QED) is 0.841. The van der Waals surface area contributed by atoms with Gasteiger partial charge in [0.15, 0.2) is 11.5 Å². The van der Waals surface area contributed by atoms with E-state index in [4.69, 9.17) is 9.47 Å². The van der Waals surface area contributed by atoms with Gasteiger partial charge >= 0.3 is 0 Å². The molecule has 2 aromatic carbocycles. The van der Waals surface area contributed by atoms with Crippen molar-refractivity contribution in [2.45, 2.75) is 56.4 Å². The summed E-state index contributed by atoms with van der Waals surface area (Å²) in [6.07, 6.45) is 8.72. The molecule has 2 bridgehead atoms. The van der Waals surface area contributed by atoms with E-state index >= 15 is 0 Å². The van der Waals surface area contributed by atoms with Crippen LogP contribution in [-0.4, -0.2) is 35.9 Å². The van der Waals surface area contributed by atoms with Gasteiger partial charge in [0, 0.05) is 18.0 Å². The number of likely N-dealkylation sites (tertiary alicyclic amines) is 1. The van der Waals surface area contributed by atoms with Crippen LogP contribution in [0.15, 0.2) is 36.4 Å². The lowest BCUT2D eigenvalue weighted by Crippen LogP contribution is -2.61. The summed E-state index contributed by atoms with van der Waals surface area (Å²) < 4.78 is 11.0. The first-order valence-corrected chi connectivity index (χ1v) is 11.2. The van der Waals surface area contributed by atoms with Crippen LogP contribution in [0, 0.1) is 5.92 Å². The third kappa shape index (κ3) is 2.76. The van der Waals surface area contributed by atoms with Crippen LogP contribution in [0.1, 0.15) is 48.8 Å². The lowest BCUT2D eigenvalue weighted by molar-refractivity contribution is -0.0106. The van der Waals surface area contributed by atoms with E-state index < -0.39 is 0 Å². The van der Waals surface area contributed by atoms with E-state index in [1.165, 1.54) is 55.3 Å². The fourth-order valence-corrected chi connectivity index (χ4v) is 6.72. The van der Waals surface area contributed by atoms with E-state index in [-0.39, 0.29) is 0 Å². The number of hydrogen-bond donors (Lipinski definition) is 1. The number of ether oxygens (including phenoxy) is 2. The highest BCUT2D eigenvalue weighted by atomic mass is 16.7. The van der Waals surface area contributed by atoms with E-state index in [1.54, 1.807) is 0 Å². The van der Waals surface area contributed by atoms with Gasteiger partial charge in [-0.3, -0.25) is 4.90 Å². The molecule has 0 spiro atoms. The molecule has 6 rings (SSSR count). The maximum Gasteiger partial charge on any atom is 0.231 e. The van der Waals surface area contributed by atoms with E-state index in [9.17, 15) is 5.11 Å². The zero-order valence-corrected chi connectivity index (χ0v) is 16.9. The zero-order chi connectivity index (χ0) is 19.4. The van der Waals surface area contributed by atoms with Crippen molar-refractivity contribution in [2.24, 2.45) is 5.92 Å². The number of rotatable bonds is 3. The molecule has 1 saturated heterocycles. The van der Waals surface area contributed by atoms with Gasteiger partial charge in [-0.15, -0.1) is 0 Å². The van der Waals surface area contributed by atoms with Crippen LogP contribution < -0.4 is 9.47 Å². The van der Waals surface area contributed by atoms with Crippen LogP contribution >= 0.6 is 0 Å². The average molecular weight is 392 g/mol. The standard InChI is InChI=1S/C25H29NO3/c27-19-6-5-18-14-22-20-3-1-2-9-25(20,21(18)15-19)10-12-26(22)11-8-17-4-7-23-24(13-17)29-16-28-23/h4-7,13,15,20,22,27H,1-3,8-12,14,16H2/t20-,22-,25-/m1/s1. The van der Waals surface area contributed by atoms with Gasteiger partial charge in [-0.2, -0.15) is 0 Å². The van der Waals surface area contributed by atoms with E-state index in [1.807, 2.05) is 12.1 Å². The van der Waals surface area contributed by atoms with Gasteiger partial charge in [0.1, 0.15) is 5.75 Å². The molecular weight excluding hydrogens is 362 g/mol. The summed E-state index contributed by atoms with van der Waals surface area (Å²) in [5.74, 6) is 2.92. The first kappa shape index (κ1) is 17.6. The van der Waals surface area contributed by atoms with Crippen LogP contribution in [-0.2, 0) is 18.3 Å². The first-order chi connectivity index (χ1) is 14.2. The Morgan fingerprint density at radius 3 is 2.93 bits per heavy atom. The second-order valence-electron chi connectivity index (χ2n) is 9.34. The number of nitrogens with zero attached hydrogens (tertiary/aromatic N) is 1. The lowest BCUT2D eigenvalue weighted by Gasteiger charge is -2.59. The predicted molar refractivity (Wildman–Crippen MR) is 112 cm³/mol. The van der Waals surface area contributed by atoms with Gasteiger partial charge in [0.2, 0.25) is 6.79 Å². The van der Waals surface area contributed by atoms with Crippen LogP contribution in [0.25, 0.3) is 0 Å². The topological polar surface area (TPSA) is 41.9 Å². The Bertz CT molecular complexity index is 942. The van der Waals surface area contributed by atoms with Crippen molar-refractivity contribution < 1.29 is 14.6 Å². The van der Waals surface area contributed by atoms with Crippen molar-refractivity contribution in [3.63, 3.8) is 0 Å². The van der Waals surface area contributed by atoms with Gasteiger partial charge in [0.25, 0.3) is 0 Å². The highest BCUT2D eigenvalue weighted by molar-refractivity contribution is 5.46. The highest BCUT2D eigenvalue weighted by Gasteiger charge is 2.53. The SMILES string of the molecule is Oc1ccc2c(c1)[C@@]13CCCC[C@@H]1[C@@H](C2)N(CCc1ccc2c(c1)OCO2)CC3. The first-order valence-electron chi connectivity index (χ1n) is 11.2. The predicted octanol–water partition coefficient (Wildman–Crippen LogP) is 4.42. The molecule has 1 saturated carbocycles. The van der Waals surface area contributed by atoms with Crippen LogP contribution in [0.4, 0.5) is 0 Å². The summed E-state index contributed by atoms with van der Waals surface area (Å²) in [5, 5.41) is 10.2. The second kappa shape index (κ2) is 6.66. The lowest BCUT2D eigenvalue weighted by atomic mass is 9.52. The van der Waals surface area contributed by atoms with E-state index in [0.717, 1.165) is 36.8 Å². The molecule has 1 N–H and O–H groups in total. The molecule has 0 unspecified atom stereocenters. The van der Waals surface area contributed by atoms with Crippen molar-refractivity contribution in [2.75, 3.05) is 19.9 Å². The molecular formula is C25H29NO3. The van der Waals surface area contributed by atoms with Crippen molar-refractivity contribution in [1.29, 1.82) is 0 Å². The maximum atomic E-state index is 10.2. The summed E-state index contributed by atoms with van der Waals surface area (Å²) in [5.41, 5.74) is 4.56. The molecule has 0 amide bonds. The molecule has 0 radical (unpaired) electrons. The molecule has 2 aliphatic heterocycles. The molecule has 2 aliphatic carbocycles. The number of hydrogen-bond acceptors (Lipinski definition) is 4. The summed E-state index contributed by atoms with van der Waals surface area (Å²) in [6, 6.07) is 13.2. The van der Waals surface area contributed by atoms with Crippen LogP contribution in [0.5, 0.6) is 17.2 Å². The molecule has 4 heteroatoms. The number of phenolic OH excluding ortho intramolecular Hbond substituents is 1. The Morgan fingerprint density at radius 1 is 1.03 bits per heavy atom. The largest absolute Gasteiger partial charge is 0.508 e. The highest BCUT2D eigenvalue weighted by Crippen LogP contribution is 2.56. The minimum atomic E-state index is 0.296. The summed E-state index contributed by atoms with van der Waals surface area (Å²) in [6.45, 7) is 2.61. The van der Waals surface area contributed by atoms with Crippen molar-refractivity contribution in [3.8, 4) is 17.2 Å². The normalized spacial score (nSPS) is 29.9. The Balaban J connectivity index is 1.26.